The van der Waals surface area contributed by atoms with Crippen LogP contribution in [0.1, 0.15) is 27.2 Å². The van der Waals surface area contributed by atoms with Gasteiger partial charge < -0.3 is 0 Å². The molecule has 0 aliphatic heterocycles. The first-order chi connectivity index (χ1) is 4.62. The number of nitrogens with zero attached hydrogens (tertiary/aromatic N) is 1. The molecular weight excluding hydrogens is 134 g/mol. The Bertz CT molecular complexity index is 138. The van der Waals surface area contributed by atoms with Gasteiger partial charge in [-0.2, -0.15) is 4.89 Å². The van der Waals surface area contributed by atoms with Crippen LogP contribution < -0.4 is 0 Å². The molecule has 58 valence electrons. The lowest BCUT2D eigenvalue weighted by Crippen LogP contribution is -2.21. The van der Waals surface area contributed by atoms with Gasteiger partial charge in [0.2, 0.25) is 0 Å². The molecule has 0 unspecified atom stereocenters. The molecule has 0 aromatic rings. The maximum absolute atomic E-state index is 9.48. The molecule has 0 radical (unpaired) electrons. The highest BCUT2D eigenvalue weighted by atomic mass is 17.3. The Labute approximate surface area is 59.7 Å². The van der Waals surface area contributed by atoms with E-state index in [-0.39, 0.29) is 0 Å². The van der Waals surface area contributed by atoms with E-state index in [4.69, 9.17) is 0 Å². The predicted octanol–water partition coefficient (Wildman–Crippen LogP) is 1.37. The quantitative estimate of drug-likeness (QED) is 0.260. The fourth-order valence-electron chi connectivity index (χ4n) is 0.194. The van der Waals surface area contributed by atoms with Gasteiger partial charge in [-0.15, -0.1) is 0 Å². The van der Waals surface area contributed by atoms with E-state index in [1.165, 1.54) is 6.08 Å². The van der Waals surface area contributed by atoms with Crippen molar-refractivity contribution in [3.8, 4) is 0 Å². The van der Waals surface area contributed by atoms with Crippen LogP contribution in [0.4, 0.5) is 0 Å². The van der Waals surface area contributed by atoms with Crippen LogP contribution in [-0.4, -0.2) is 11.7 Å². The average Bonchev–Trinajstić information content (AvgIpc) is 1.89. The zero-order valence-electron chi connectivity index (χ0n) is 6.38. The van der Waals surface area contributed by atoms with Gasteiger partial charge in [0, 0.05) is 5.16 Å². The SMILES string of the molecule is CCC(C)(C)OON=C=O. The van der Waals surface area contributed by atoms with E-state index < -0.39 is 5.60 Å². The second-order valence-corrected chi connectivity index (χ2v) is 2.45. The summed E-state index contributed by atoms with van der Waals surface area (Å²) in [6, 6.07) is 0. The largest absolute Gasteiger partial charge is 0.280 e. The van der Waals surface area contributed by atoms with Crippen LogP contribution in [0.15, 0.2) is 5.16 Å². The minimum atomic E-state index is -0.402. The maximum atomic E-state index is 9.48. The lowest BCUT2D eigenvalue weighted by molar-refractivity contribution is -0.354. The summed E-state index contributed by atoms with van der Waals surface area (Å²) < 4.78 is 0. The van der Waals surface area contributed by atoms with Crippen molar-refractivity contribution in [2.24, 2.45) is 5.16 Å². The third-order valence-corrected chi connectivity index (χ3v) is 1.19. The summed E-state index contributed by atoms with van der Waals surface area (Å²) in [5.41, 5.74) is -0.402. The first-order valence-electron chi connectivity index (χ1n) is 3.04. The van der Waals surface area contributed by atoms with Crippen molar-refractivity contribution in [1.29, 1.82) is 0 Å². The number of isocyanates is 1. The Morgan fingerprint density at radius 1 is 1.60 bits per heavy atom. The zero-order valence-corrected chi connectivity index (χ0v) is 6.38. The van der Waals surface area contributed by atoms with Crippen LogP contribution in [-0.2, 0) is 14.7 Å². The van der Waals surface area contributed by atoms with Crippen molar-refractivity contribution >= 4 is 6.08 Å². The van der Waals surface area contributed by atoms with Gasteiger partial charge in [0.1, 0.15) is 5.60 Å². The highest BCUT2D eigenvalue weighted by Crippen LogP contribution is 2.13. The van der Waals surface area contributed by atoms with Crippen LogP contribution in [0.25, 0.3) is 0 Å². The maximum Gasteiger partial charge on any atom is 0.280 e. The lowest BCUT2D eigenvalue weighted by atomic mass is 10.1. The Hall–Kier alpha value is -0.860. The highest BCUT2D eigenvalue weighted by Gasteiger charge is 2.17. The van der Waals surface area contributed by atoms with E-state index in [0.717, 1.165) is 6.42 Å². The van der Waals surface area contributed by atoms with Crippen LogP contribution in [0.5, 0.6) is 0 Å². The molecule has 0 aromatic heterocycles. The third-order valence-electron chi connectivity index (χ3n) is 1.19. The fourth-order valence-corrected chi connectivity index (χ4v) is 0.194. The predicted molar refractivity (Wildman–Crippen MR) is 34.7 cm³/mol. The first-order valence-corrected chi connectivity index (χ1v) is 3.04. The number of hydrogen-bond acceptors (Lipinski definition) is 4. The molecule has 10 heavy (non-hydrogen) atoms. The minimum Gasteiger partial charge on any atom is -0.208 e. The van der Waals surface area contributed by atoms with Gasteiger partial charge in [-0.1, -0.05) is 6.92 Å². The van der Waals surface area contributed by atoms with Crippen molar-refractivity contribution in [2.45, 2.75) is 32.8 Å². The smallest absolute Gasteiger partial charge is 0.208 e. The van der Waals surface area contributed by atoms with Gasteiger partial charge in [-0.05, 0) is 20.3 Å². The van der Waals surface area contributed by atoms with Gasteiger partial charge in [0.15, 0.2) is 0 Å². The average molecular weight is 145 g/mol. The van der Waals surface area contributed by atoms with Crippen molar-refractivity contribution in [3.05, 3.63) is 0 Å². The molecule has 0 atom stereocenters. The molecule has 0 fully saturated rings. The van der Waals surface area contributed by atoms with Crippen molar-refractivity contribution < 1.29 is 14.7 Å². The number of hydrogen-bond donors (Lipinski definition) is 0. The summed E-state index contributed by atoms with van der Waals surface area (Å²) in [5.74, 6) is 0. The zero-order chi connectivity index (χ0) is 8.04. The van der Waals surface area contributed by atoms with E-state index in [1.54, 1.807) is 0 Å². The Morgan fingerprint density at radius 2 is 2.20 bits per heavy atom. The minimum absolute atomic E-state index is 0.402. The summed E-state index contributed by atoms with van der Waals surface area (Å²) in [6.45, 7) is 5.59. The second kappa shape index (κ2) is 4.04. The summed E-state index contributed by atoms with van der Waals surface area (Å²) in [6.07, 6.45) is 1.97. The Kier molecular flexibility index (Phi) is 3.69. The first kappa shape index (κ1) is 9.14. The van der Waals surface area contributed by atoms with Crippen LogP contribution in [0.3, 0.4) is 0 Å². The van der Waals surface area contributed by atoms with E-state index in [9.17, 15) is 4.79 Å². The van der Waals surface area contributed by atoms with Gasteiger partial charge in [0.25, 0.3) is 6.08 Å². The van der Waals surface area contributed by atoms with Crippen molar-refractivity contribution in [3.63, 3.8) is 0 Å². The normalized spacial score (nSPS) is 10.3. The van der Waals surface area contributed by atoms with Gasteiger partial charge in [0.05, 0.1) is 0 Å². The second-order valence-electron chi connectivity index (χ2n) is 2.45. The van der Waals surface area contributed by atoms with E-state index in [2.05, 4.69) is 15.0 Å². The molecule has 0 rings (SSSR count). The number of rotatable bonds is 4. The van der Waals surface area contributed by atoms with E-state index in [1.807, 2.05) is 20.8 Å². The van der Waals surface area contributed by atoms with Crippen molar-refractivity contribution in [2.75, 3.05) is 0 Å². The molecule has 0 aliphatic carbocycles. The van der Waals surface area contributed by atoms with Crippen LogP contribution >= 0.6 is 0 Å². The van der Waals surface area contributed by atoms with Crippen LogP contribution in [0, 0.1) is 0 Å². The van der Waals surface area contributed by atoms with E-state index >= 15 is 0 Å². The Morgan fingerprint density at radius 3 is 2.60 bits per heavy atom. The van der Waals surface area contributed by atoms with Gasteiger partial charge in [-0.3, -0.25) is 0 Å². The molecule has 4 heteroatoms. The number of carbonyl (C=O) groups excluding carboxylic acids is 1. The molecule has 0 aromatic carbocycles. The topological polar surface area (TPSA) is 47.9 Å². The molecule has 0 heterocycles. The molecule has 0 bridgehead atoms. The lowest BCUT2D eigenvalue weighted by Gasteiger charge is -2.17. The monoisotopic (exact) mass is 145 g/mol. The molecular formula is C6H11NO3. The molecule has 0 spiro atoms. The van der Waals surface area contributed by atoms with E-state index in [0.29, 0.717) is 0 Å². The molecule has 0 saturated heterocycles. The molecule has 0 N–H and O–H groups in total. The van der Waals surface area contributed by atoms with Crippen LogP contribution in [0.2, 0.25) is 0 Å². The Balaban J connectivity index is 3.56. The van der Waals surface area contributed by atoms with Gasteiger partial charge in [-0.25, -0.2) is 9.78 Å². The molecule has 0 aliphatic rings. The molecule has 4 nitrogen and oxygen atoms in total. The highest BCUT2D eigenvalue weighted by molar-refractivity contribution is 5.31. The molecule has 0 saturated carbocycles. The summed E-state index contributed by atoms with van der Waals surface area (Å²) in [7, 11) is 0. The summed E-state index contributed by atoms with van der Waals surface area (Å²) in [4.78, 5) is 18.3. The molecule has 0 amide bonds. The summed E-state index contributed by atoms with van der Waals surface area (Å²) >= 11 is 0. The third kappa shape index (κ3) is 4.06. The van der Waals surface area contributed by atoms with Crippen molar-refractivity contribution in [1.82, 2.24) is 0 Å². The fraction of sp³-hybridized carbons (Fsp3) is 0.833. The summed E-state index contributed by atoms with van der Waals surface area (Å²) in [5, 5.41) is 2.78. The van der Waals surface area contributed by atoms with Gasteiger partial charge >= 0.3 is 0 Å². The standard InChI is InChI=1S/C6H11NO3/c1-4-6(2,3)9-10-7-5-8/h4H2,1-3H3.